The molecule has 0 fully saturated rings. The molecule has 0 saturated carbocycles. The molecule has 12 nitrogen and oxygen atoms in total. The summed E-state index contributed by atoms with van der Waals surface area (Å²) >= 11 is 0. The van der Waals surface area contributed by atoms with E-state index in [0.29, 0.717) is 140 Å². The van der Waals surface area contributed by atoms with Crippen LogP contribution in [0.1, 0.15) is 119 Å². The molecule has 0 amide bonds. The Hall–Kier alpha value is -5.52. The molecule has 0 aliphatic rings. The first-order chi connectivity index (χ1) is 29.5. The molecule has 0 aliphatic carbocycles. The van der Waals surface area contributed by atoms with Crippen molar-refractivity contribution < 1.29 is 28.4 Å². The van der Waals surface area contributed by atoms with Crippen LogP contribution in [0.2, 0.25) is 0 Å². The molecule has 0 radical (unpaired) electrons. The van der Waals surface area contributed by atoms with E-state index in [-0.39, 0.29) is 0 Å². The van der Waals surface area contributed by atoms with E-state index in [2.05, 4.69) is 41.5 Å². The molecule has 7 aromatic rings. The van der Waals surface area contributed by atoms with Crippen molar-refractivity contribution in [2.24, 2.45) is 0 Å². The first kappa shape index (κ1) is 42.6. The number of hydrogen-bond acceptors (Lipinski definition) is 12. The molecule has 0 aliphatic heterocycles. The van der Waals surface area contributed by atoms with E-state index in [4.69, 9.17) is 58.3 Å². The standard InChI is InChI=1S/C48H60N6O6/c1-7-13-19-55-37-25-31-32(26-38(37)56-20-14-8-2)50-44-43(49-31)45-47(53-34-28-40(58-22-16-10-4)39(27-33(34)51-45)57-21-15-9-3)48-46(44)52-35-29-41(59-23-17-11-5)42(30-36(35)54-48)60-24-18-12-6/h25-30H,7-24H2,1-6H3. The van der Waals surface area contributed by atoms with Gasteiger partial charge in [0.15, 0.2) is 34.5 Å². The number of nitrogens with zero attached hydrogens (tertiary/aromatic N) is 6. The molecule has 60 heavy (non-hydrogen) atoms. The maximum absolute atomic E-state index is 6.29. The van der Waals surface area contributed by atoms with Gasteiger partial charge in [0, 0.05) is 36.4 Å². The maximum Gasteiger partial charge on any atom is 0.163 e. The number of aromatic nitrogens is 6. The SMILES string of the molecule is CCCCOc1cc2nc3c4nc5cc(OCCCC)c(OCCCC)cc5nc4c4nc5cc(OCCCC)c(OCCCC)cc5nc4c3nc2cc1OCCCC. The molecule has 7 rings (SSSR count). The summed E-state index contributed by atoms with van der Waals surface area (Å²) in [5, 5.41) is 0. The van der Waals surface area contributed by atoms with Crippen LogP contribution >= 0.6 is 0 Å². The lowest BCUT2D eigenvalue weighted by molar-refractivity contribution is 0.262. The van der Waals surface area contributed by atoms with E-state index < -0.39 is 0 Å². The Balaban J connectivity index is 1.51. The minimum absolute atomic E-state index is 0.558. The van der Waals surface area contributed by atoms with Gasteiger partial charge in [-0.3, -0.25) is 0 Å². The summed E-state index contributed by atoms with van der Waals surface area (Å²) in [6, 6.07) is 11.6. The summed E-state index contributed by atoms with van der Waals surface area (Å²) in [5.41, 5.74) is 7.25. The third kappa shape index (κ3) is 9.58. The van der Waals surface area contributed by atoms with Gasteiger partial charge in [-0.15, -0.1) is 0 Å². The Morgan fingerprint density at radius 2 is 0.417 bits per heavy atom. The normalized spacial score (nSPS) is 11.7. The predicted octanol–water partition coefficient (Wildman–Crippen LogP) is 12.0. The molecular formula is C48H60N6O6. The van der Waals surface area contributed by atoms with Gasteiger partial charge in [-0.2, -0.15) is 0 Å². The second-order valence-electron chi connectivity index (χ2n) is 15.3. The zero-order chi connectivity index (χ0) is 41.8. The minimum atomic E-state index is 0.558. The average Bonchev–Trinajstić information content (AvgIpc) is 3.25. The second kappa shape index (κ2) is 20.6. The second-order valence-corrected chi connectivity index (χ2v) is 15.3. The molecule has 318 valence electrons. The molecule has 0 atom stereocenters. The Kier molecular flexibility index (Phi) is 14.7. The fourth-order valence-corrected chi connectivity index (χ4v) is 6.82. The third-order valence-corrected chi connectivity index (χ3v) is 10.4. The highest BCUT2D eigenvalue weighted by atomic mass is 16.5. The number of ether oxygens (including phenoxy) is 6. The Morgan fingerprint density at radius 3 is 0.550 bits per heavy atom. The number of fused-ring (bicyclic) bond motifs is 9. The summed E-state index contributed by atoms with van der Waals surface area (Å²) in [5.74, 6) is 3.86. The van der Waals surface area contributed by atoms with Crippen LogP contribution in [-0.4, -0.2) is 69.5 Å². The van der Waals surface area contributed by atoms with E-state index in [9.17, 15) is 0 Å². The topological polar surface area (TPSA) is 133 Å². The van der Waals surface area contributed by atoms with Crippen molar-refractivity contribution in [1.82, 2.24) is 29.9 Å². The summed E-state index contributed by atoms with van der Waals surface area (Å²) in [7, 11) is 0. The highest BCUT2D eigenvalue weighted by Gasteiger charge is 2.22. The first-order valence-corrected chi connectivity index (χ1v) is 22.3. The van der Waals surface area contributed by atoms with Crippen LogP contribution in [-0.2, 0) is 0 Å². The van der Waals surface area contributed by atoms with E-state index in [1.165, 1.54) is 0 Å². The Bertz CT molecular complexity index is 2080. The van der Waals surface area contributed by atoms with E-state index in [1.54, 1.807) is 0 Å². The zero-order valence-electron chi connectivity index (χ0n) is 36.3. The van der Waals surface area contributed by atoms with Gasteiger partial charge in [0.25, 0.3) is 0 Å². The highest BCUT2D eigenvalue weighted by Crippen LogP contribution is 2.40. The summed E-state index contributed by atoms with van der Waals surface area (Å²) in [6.45, 7) is 16.3. The number of unbranched alkanes of at least 4 members (excludes halogenated alkanes) is 6. The van der Waals surface area contributed by atoms with Crippen molar-refractivity contribution in [2.75, 3.05) is 39.6 Å². The number of rotatable bonds is 24. The maximum atomic E-state index is 6.29. The molecule has 3 aromatic heterocycles. The fourth-order valence-electron chi connectivity index (χ4n) is 6.82. The van der Waals surface area contributed by atoms with Crippen LogP contribution < -0.4 is 28.4 Å². The molecule has 0 saturated heterocycles. The van der Waals surface area contributed by atoms with E-state index in [1.807, 2.05) is 36.4 Å². The molecular weight excluding hydrogens is 757 g/mol. The first-order valence-electron chi connectivity index (χ1n) is 22.3. The van der Waals surface area contributed by atoms with Gasteiger partial charge in [-0.25, -0.2) is 29.9 Å². The van der Waals surface area contributed by atoms with Crippen LogP contribution in [0, 0.1) is 0 Å². The average molecular weight is 817 g/mol. The van der Waals surface area contributed by atoms with Gasteiger partial charge in [0.1, 0.15) is 33.1 Å². The van der Waals surface area contributed by atoms with E-state index in [0.717, 1.165) is 77.0 Å². The molecule has 0 unspecified atom stereocenters. The summed E-state index contributed by atoms with van der Waals surface area (Å²) in [4.78, 5) is 31.6. The zero-order valence-corrected chi connectivity index (χ0v) is 36.3. The number of benzene rings is 4. The van der Waals surface area contributed by atoms with Gasteiger partial charge < -0.3 is 28.4 Å². The van der Waals surface area contributed by atoms with Gasteiger partial charge in [-0.1, -0.05) is 80.1 Å². The molecule has 12 heteroatoms. The van der Waals surface area contributed by atoms with E-state index >= 15 is 0 Å². The van der Waals surface area contributed by atoms with Crippen LogP contribution in [0.3, 0.4) is 0 Å². The predicted molar refractivity (Wildman–Crippen MR) is 241 cm³/mol. The largest absolute Gasteiger partial charge is 0.490 e. The summed E-state index contributed by atoms with van der Waals surface area (Å²) in [6.07, 6.45) is 11.7. The lowest BCUT2D eigenvalue weighted by atomic mass is 10.1. The quantitative estimate of drug-likeness (QED) is 0.0326. The van der Waals surface area contributed by atoms with Crippen molar-refractivity contribution >= 4 is 66.2 Å². The third-order valence-electron chi connectivity index (χ3n) is 10.4. The summed E-state index contributed by atoms with van der Waals surface area (Å²) < 4.78 is 37.7. The lowest BCUT2D eigenvalue weighted by Gasteiger charge is -2.16. The molecule has 4 aromatic carbocycles. The van der Waals surface area contributed by atoms with Crippen molar-refractivity contribution in [1.29, 1.82) is 0 Å². The fraction of sp³-hybridized carbons (Fsp3) is 0.500. The minimum Gasteiger partial charge on any atom is -0.490 e. The van der Waals surface area contributed by atoms with Gasteiger partial charge in [0.05, 0.1) is 72.7 Å². The van der Waals surface area contributed by atoms with Crippen molar-refractivity contribution in [3.05, 3.63) is 36.4 Å². The van der Waals surface area contributed by atoms with Gasteiger partial charge in [0.2, 0.25) is 0 Å². The van der Waals surface area contributed by atoms with Crippen LogP contribution in [0.15, 0.2) is 36.4 Å². The van der Waals surface area contributed by atoms with Gasteiger partial charge in [-0.05, 0) is 38.5 Å². The highest BCUT2D eigenvalue weighted by molar-refractivity contribution is 6.21. The number of hydrogen-bond donors (Lipinski definition) is 0. The van der Waals surface area contributed by atoms with Crippen LogP contribution in [0.25, 0.3) is 66.2 Å². The molecule has 0 bridgehead atoms. The van der Waals surface area contributed by atoms with Crippen molar-refractivity contribution in [3.8, 4) is 34.5 Å². The van der Waals surface area contributed by atoms with Crippen molar-refractivity contribution in [3.63, 3.8) is 0 Å². The van der Waals surface area contributed by atoms with Crippen LogP contribution in [0.5, 0.6) is 34.5 Å². The monoisotopic (exact) mass is 816 g/mol. The van der Waals surface area contributed by atoms with Crippen LogP contribution in [0.4, 0.5) is 0 Å². The van der Waals surface area contributed by atoms with Crippen molar-refractivity contribution in [2.45, 2.75) is 119 Å². The Morgan fingerprint density at radius 1 is 0.267 bits per heavy atom. The Labute approximate surface area is 352 Å². The lowest BCUT2D eigenvalue weighted by Crippen LogP contribution is -2.05. The molecule has 0 spiro atoms. The molecule has 0 N–H and O–H groups in total. The molecule has 3 heterocycles. The smallest absolute Gasteiger partial charge is 0.163 e. The van der Waals surface area contributed by atoms with Gasteiger partial charge >= 0.3 is 0 Å².